The SMILES string of the molecule is C.COc1cc2c(cc1OC)CCCC2.COc1cc2c(cc1OC)CN(c1ncnc3ccc(-c4cnc5[nH]ccc5c4)nc13)CC2.O=c1[nH]cnc2ccc(-c3cnc4[nH]ccc4c3)nc12. The standard InChI is InChI=1S/C25H22N6O2.C14H9N5O.C12H16O2.CH4/c1-32-21-10-15-6-8-31(13-18(15)11-22(21)33-2)25-23-20(28-14-29-25)4-3-19(30-23)17-9-16-5-7-26-24(16)27-12-17;20-14-12-11(17-7-18-14)2-1-10(19-12)9-5-8-3-4-15-13(8)16-6-9;1-13-11-7-9-5-3-4-6-10(9)8-12(11)14-2;/h3-5,7,9-12,14H,6,8,13H2,1-2H3,(H,26,27);1-7H,(H,15,16)(H,17,18,20);7-8H,3-6H2,1-2H3;1H4. The molecule has 0 amide bonds. The number of anilines is 1. The molecule has 0 spiro atoms. The Morgan fingerprint density at radius 3 is 1.62 bits per heavy atom. The maximum Gasteiger partial charge on any atom is 0.277 e. The van der Waals surface area contributed by atoms with Crippen molar-refractivity contribution in [3.8, 4) is 45.5 Å². The molecule has 1 aliphatic carbocycles. The number of hydrogen-bond acceptors (Lipinski definition) is 13. The number of hydrogen-bond donors (Lipinski definition) is 3. The Labute approximate surface area is 391 Å². The van der Waals surface area contributed by atoms with Gasteiger partial charge in [-0.05, 0) is 127 Å². The lowest BCUT2D eigenvalue weighted by Crippen LogP contribution is -2.31. The van der Waals surface area contributed by atoms with Gasteiger partial charge in [-0.15, -0.1) is 0 Å². The molecule has 2 aromatic carbocycles. The lowest BCUT2D eigenvalue weighted by atomic mass is 9.91. The Morgan fingerprint density at radius 1 is 0.544 bits per heavy atom. The van der Waals surface area contributed by atoms with Crippen LogP contribution >= 0.6 is 0 Å². The molecule has 16 nitrogen and oxygen atoms in total. The predicted molar refractivity (Wildman–Crippen MR) is 265 cm³/mol. The third-order valence-electron chi connectivity index (χ3n) is 12.2. The second-order valence-corrected chi connectivity index (χ2v) is 16.2. The third-order valence-corrected chi connectivity index (χ3v) is 12.2. The highest BCUT2D eigenvalue weighted by Gasteiger charge is 2.23. The fourth-order valence-electron chi connectivity index (χ4n) is 8.72. The fourth-order valence-corrected chi connectivity index (χ4v) is 8.72. The van der Waals surface area contributed by atoms with Crippen LogP contribution in [-0.2, 0) is 25.8 Å². The summed E-state index contributed by atoms with van der Waals surface area (Å²) in [5.74, 6) is 4.04. The van der Waals surface area contributed by atoms with Crippen LogP contribution in [0.4, 0.5) is 5.82 Å². The van der Waals surface area contributed by atoms with Gasteiger partial charge in [-0.1, -0.05) is 7.43 Å². The van der Waals surface area contributed by atoms with Gasteiger partial charge >= 0.3 is 0 Å². The number of ether oxygens (including phenoxy) is 4. The Bertz CT molecular complexity index is 3430. The first-order chi connectivity index (χ1) is 32.9. The number of nitrogens with one attached hydrogen (secondary N) is 3. The van der Waals surface area contributed by atoms with E-state index in [-0.39, 0.29) is 13.0 Å². The van der Waals surface area contributed by atoms with Gasteiger partial charge in [-0.3, -0.25) is 4.79 Å². The first kappa shape index (κ1) is 44.8. The van der Waals surface area contributed by atoms with Crippen LogP contribution in [0.1, 0.15) is 42.5 Å². The molecular weight excluding hydrogens is 859 g/mol. The molecule has 1 aliphatic heterocycles. The summed E-state index contributed by atoms with van der Waals surface area (Å²) in [4.78, 5) is 54.0. The van der Waals surface area contributed by atoms with Gasteiger partial charge in [0.15, 0.2) is 34.3 Å². The van der Waals surface area contributed by atoms with Gasteiger partial charge in [-0.25, -0.2) is 34.9 Å². The molecule has 3 N–H and O–H groups in total. The van der Waals surface area contributed by atoms with Crippen molar-refractivity contribution in [1.82, 2.24) is 49.8 Å². The summed E-state index contributed by atoms with van der Waals surface area (Å²) in [6.45, 7) is 1.54. The van der Waals surface area contributed by atoms with E-state index in [0.29, 0.717) is 23.3 Å². The highest BCUT2D eigenvalue weighted by molar-refractivity contribution is 5.89. The second kappa shape index (κ2) is 19.6. The van der Waals surface area contributed by atoms with Crippen LogP contribution in [0, 0.1) is 0 Å². The van der Waals surface area contributed by atoms with E-state index in [2.05, 4.69) is 80.1 Å². The van der Waals surface area contributed by atoms with E-state index in [0.717, 1.165) is 91.7 Å². The van der Waals surface area contributed by atoms with Crippen LogP contribution in [-0.4, -0.2) is 84.8 Å². The van der Waals surface area contributed by atoms with Crippen LogP contribution in [0.2, 0.25) is 0 Å². The summed E-state index contributed by atoms with van der Waals surface area (Å²) in [5.41, 5.74) is 12.6. The average molecular weight is 910 g/mol. The molecule has 0 fully saturated rings. The minimum atomic E-state index is -0.243. The van der Waals surface area contributed by atoms with Crippen molar-refractivity contribution in [2.75, 3.05) is 39.9 Å². The molecule has 344 valence electrons. The molecule has 8 aromatic heterocycles. The summed E-state index contributed by atoms with van der Waals surface area (Å²) < 4.78 is 21.5. The molecule has 9 heterocycles. The van der Waals surface area contributed by atoms with Gasteiger partial charge in [0.1, 0.15) is 23.1 Å². The third kappa shape index (κ3) is 8.95. The highest BCUT2D eigenvalue weighted by atomic mass is 16.5. The molecule has 10 aromatic rings. The lowest BCUT2D eigenvalue weighted by Gasteiger charge is -2.30. The van der Waals surface area contributed by atoms with E-state index in [1.54, 1.807) is 47.0 Å². The quantitative estimate of drug-likeness (QED) is 0.137. The molecule has 0 atom stereocenters. The van der Waals surface area contributed by atoms with Crippen LogP contribution in [0.15, 0.2) is 115 Å². The Balaban J connectivity index is 0.000000140. The first-order valence-corrected chi connectivity index (χ1v) is 22.0. The van der Waals surface area contributed by atoms with Crippen molar-refractivity contribution < 1.29 is 18.9 Å². The van der Waals surface area contributed by atoms with Gasteiger partial charge in [0.25, 0.3) is 5.56 Å². The van der Waals surface area contributed by atoms with E-state index in [1.807, 2.05) is 55.0 Å². The van der Waals surface area contributed by atoms with Crippen LogP contribution in [0.3, 0.4) is 0 Å². The van der Waals surface area contributed by atoms with Crippen molar-refractivity contribution >= 4 is 50.0 Å². The number of aromatic amines is 3. The van der Waals surface area contributed by atoms with Crippen LogP contribution in [0.25, 0.3) is 66.6 Å². The zero-order valence-electron chi connectivity index (χ0n) is 37.5. The Kier molecular flexibility index (Phi) is 12.9. The summed E-state index contributed by atoms with van der Waals surface area (Å²) >= 11 is 0. The summed E-state index contributed by atoms with van der Waals surface area (Å²) in [5, 5.41) is 2.06. The van der Waals surface area contributed by atoms with E-state index in [4.69, 9.17) is 23.9 Å². The number of fused-ring (bicyclic) bond motifs is 6. The number of methoxy groups -OCH3 is 4. The molecular formula is C52H51N11O5. The summed E-state index contributed by atoms with van der Waals surface area (Å²) in [7, 11) is 6.70. The highest BCUT2D eigenvalue weighted by Crippen LogP contribution is 2.36. The lowest BCUT2D eigenvalue weighted by molar-refractivity contribution is 0.353. The number of pyridine rings is 4. The van der Waals surface area contributed by atoms with Gasteiger partial charge in [-0.2, -0.15) is 0 Å². The summed E-state index contributed by atoms with van der Waals surface area (Å²) in [6.07, 6.45) is 16.1. The van der Waals surface area contributed by atoms with E-state index < -0.39 is 0 Å². The number of benzene rings is 2. The van der Waals surface area contributed by atoms with Crippen molar-refractivity contribution in [2.45, 2.75) is 46.1 Å². The zero-order valence-corrected chi connectivity index (χ0v) is 37.5. The van der Waals surface area contributed by atoms with E-state index in [1.165, 1.54) is 54.3 Å². The molecule has 0 saturated heterocycles. The smallest absolute Gasteiger partial charge is 0.277 e. The van der Waals surface area contributed by atoms with E-state index >= 15 is 0 Å². The Hall–Kier alpha value is -8.40. The largest absolute Gasteiger partial charge is 0.493 e. The molecule has 16 heteroatoms. The molecule has 0 bridgehead atoms. The maximum absolute atomic E-state index is 11.8. The van der Waals surface area contributed by atoms with Crippen LogP contribution in [0.5, 0.6) is 23.0 Å². The predicted octanol–water partition coefficient (Wildman–Crippen LogP) is 9.23. The Morgan fingerprint density at radius 2 is 1.06 bits per heavy atom. The maximum atomic E-state index is 11.8. The van der Waals surface area contributed by atoms with Crippen molar-refractivity contribution in [1.29, 1.82) is 0 Å². The average Bonchev–Trinajstić information content (AvgIpc) is 4.07. The molecule has 0 unspecified atom stereocenters. The monoisotopic (exact) mass is 909 g/mol. The van der Waals surface area contributed by atoms with Gasteiger partial charge in [0, 0.05) is 59.8 Å². The first-order valence-electron chi connectivity index (χ1n) is 22.0. The number of H-pyrrole nitrogens is 3. The molecule has 0 radical (unpaired) electrons. The van der Waals surface area contributed by atoms with Crippen molar-refractivity contribution in [3.63, 3.8) is 0 Å². The normalized spacial score (nSPS) is 12.8. The minimum Gasteiger partial charge on any atom is -0.493 e. The van der Waals surface area contributed by atoms with Crippen molar-refractivity contribution in [2.24, 2.45) is 0 Å². The van der Waals surface area contributed by atoms with E-state index in [9.17, 15) is 4.79 Å². The molecule has 2 aliphatic rings. The fraction of sp³-hybridized carbons (Fsp3) is 0.231. The van der Waals surface area contributed by atoms with Crippen molar-refractivity contribution in [3.05, 3.63) is 143 Å². The number of rotatable bonds is 7. The zero-order chi connectivity index (χ0) is 45.9. The topological polar surface area (TPSA) is 195 Å². The number of aromatic nitrogens is 10. The number of nitrogens with zero attached hydrogens (tertiary/aromatic N) is 8. The molecule has 0 saturated carbocycles. The van der Waals surface area contributed by atoms with Gasteiger partial charge in [0.05, 0.1) is 57.2 Å². The van der Waals surface area contributed by atoms with Gasteiger partial charge in [0.2, 0.25) is 0 Å². The number of aryl methyl sites for hydroxylation is 2. The molecule has 68 heavy (non-hydrogen) atoms. The summed E-state index contributed by atoms with van der Waals surface area (Å²) in [6, 6.07) is 24.0. The van der Waals surface area contributed by atoms with Gasteiger partial charge < -0.3 is 38.8 Å². The molecule has 12 rings (SSSR count). The minimum absolute atomic E-state index is 0. The second-order valence-electron chi connectivity index (χ2n) is 16.2. The van der Waals surface area contributed by atoms with Crippen LogP contribution < -0.4 is 29.4 Å².